The minimum atomic E-state index is -0.497. The standard InChI is InChI=1S/C18H23N3O3/c1-10-8-9-19-17(22)15(10)21-18(23)20-12(3)16-11(2)13-6-4-5-7-14(13)24-16/h4-7,10,12,15H,8-9H2,1-3H3,(H,19,22)(H2,20,21,23)/t10?,12-,15?/m1/s1. The van der Waals surface area contributed by atoms with Crippen LogP contribution in [0.25, 0.3) is 11.0 Å². The first-order valence-electron chi connectivity index (χ1n) is 8.30. The summed E-state index contributed by atoms with van der Waals surface area (Å²) < 4.78 is 5.87. The van der Waals surface area contributed by atoms with Crippen LogP contribution in [0, 0.1) is 12.8 Å². The van der Waals surface area contributed by atoms with Gasteiger partial charge in [-0.25, -0.2) is 4.79 Å². The maximum Gasteiger partial charge on any atom is 0.316 e. The van der Waals surface area contributed by atoms with E-state index in [2.05, 4.69) is 16.0 Å². The SMILES string of the molecule is Cc1c([C@@H](C)NC(=O)NC2C(=O)NCCC2C)oc2ccccc12. The van der Waals surface area contributed by atoms with E-state index in [9.17, 15) is 9.59 Å². The van der Waals surface area contributed by atoms with Crippen LogP contribution in [0.15, 0.2) is 28.7 Å². The molecule has 0 radical (unpaired) electrons. The lowest BCUT2D eigenvalue weighted by atomic mass is 9.94. The van der Waals surface area contributed by atoms with Crippen LogP contribution in [0.3, 0.4) is 0 Å². The number of furan rings is 1. The Kier molecular flexibility index (Phi) is 4.46. The van der Waals surface area contributed by atoms with Gasteiger partial charge in [0.1, 0.15) is 17.4 Å². The molecule has 24 heavy (non-hydrogen) atoms. The van der Waals surface area contributed by atoms with E-state index in [1.54, 1.807) is 0 Å². The first-order valence-corrected chi connectivity index (χ1v) is 8.30. The molecule has 1 aliphatic rings. The second-order valence-corrected chi connectivity index (χ2v) is 6.46. The smallest absolute Gasteiger partial charge is 0.316 e. The Hall–Kier alpha value is -2.50. The van der Waals surface area contributed by atoms with Crippen molar-refractivity contribution < 1.29 is 14.0 Å². The first kappa shape index (κ1) is 16.4. The molecule has 1 saturated heterocycles. The Morgan fingerprint density at radius 3 is 2.83 bits per heavy atom. The summed E-state index contributed by atoms with van der Waals surface area (Å²) in [5, 5.41) is 9.45. The van der Waals surface area contributed by atoms with Gasteiger partial charge in [0.25, 0.3) is 0 Å². The zero-order valence-electron chi connectivity index (χ0n) is 14.2. The summed E-state index contributed by atoms with van der Waals surface area (Å²) >= 11 is 0. The summed E-state index contributed by atoms with van der Waals surface area (Å²) in [4.78, 5) is 24.2. The average molecular weight is 329 g/mol. The Bertz CT molecular complexity index is 768. The molecule has 1 aromatic heterocycles. The van der Waals surface area contributed by atoms with Crippen LogP contribution in [-0.4, -0.2) is 24.5 Å². The van der Waals surface area contributed by atoms with Crippen molar-refractivity contribution in [3.05, 3.63) is 35.6 Å². The van der Waals surface area contributed by atoms with Gasteiger partial charge in [-0.05, 0) is 32.3 Å². The Labute approximate surface area is 141 Å². The van der Waals surface area contributed by atoms with Gasteiger partial charge in [-0.3, -0.25) is 4.79 Å². The molecule has 3 atom stereocenters. The van der Waals surface area contributed by atoms with Crippen LogP contribution in [0.5, 0.6) is 0 Å². The van der Waals surface area contributed by atoms with E-state index in [0.717, 1.165) is 28.7 Å². The molecule has 3 rings (SSSR count). The van der Waals surface area contributed by atoms with E-state index in [-0.39, 0.29) is 23.9 Å². The van der Waals surface area contributed by atoms with Gasteiger partial charge in [0, 0.05) is 17.5 Å². The number of hydrogen-bond donors (Lipinski definition) is 3. The van der Waals surface area contributed by atoms with E-state index < -0.39 is 6.04 Å². The molecule has 0 bridgehead atoms. The molecule has 2 aromatic rings. The quantitative estimate of drug-likeness (QED) is 0.809. The monoisotopic (exact) mass is 329 g/mol. The summed E-state index contributed by atoms with van der Waals surface area (Å²) in [6, 6.07) is 6.63. The first-order chi connectivity index (χ1) is 11.5. The lowest BCUT2D eigenvalue weighted by molar-refractivity contribution is -0.125. The van der Waals surface area contributed by atoms with Gasteiger partial charge in [-0.1, -0.05) is 25.1 Å². The predicted octanol–water partition coefficient (Wildman–Crippen LogP) is 2.63. The second kappa shape index (κ2) is 6.55. The zero-order chi connectivity index (χ0) is 17.3. The maximum absolute atomic E-state index is 12.3. The fourth-order valence-corrected chi connectivity index (χ4v) is 3.22. The van der Waals surface area contributed by atoms with Crippen LogP contribution in [0.4, 0.5) is 4.79 Å². The van der Waals surface area contributed by atoms with Gasteiger partial charge in [0.15, 0.2) is 0 Å². The van der Waals surface area contributed by atoms with E-state index >= 15 is 0 Å². The predicted molar refractivity (Wildman–Crippen MR) is 91.6 cm³/mol. The third-order valence-electron chi connectivity index (χ3n) is 4.66. The number of rotatable bonds is 3. The number of carbonyl (C=O) groups excluding carboxylic acids is 2. The molecular formula is C18H23N3O3. The summed E-state index contributed by atoms with van der Waals surface area (Å²) in [5.74, 6) is 0.719. The van der Waals surface area contributed by atoms with E-state index in [1.807, 2.05) is 45.0 Å². The number of para-hydroxylation sites is 1. The third kappa shape index (κ3) is 3.09. The fourth-order valence-electron chi connectivity index (χ4n) is 3.22. The molecule has 1 aliphatic heterocycles. The number of amides is 3. The van der Waals surface area contributed by atoms with E-state index in [4.69, 9.17) is 4.42 Å². The van der Waals surface area contributed by atoms with Crippen LogP contribution >= 0.6 is 0 Å². The van der Waals surface area contributed by atoms with Crippen molar-refractivity contribution in [2.75, 3.05) is 6.54 Å². The van der Waals surface area contributed by atoms with Gasteiger partial charge in [-0.2, -0.15) is 0 Å². The number of urea groups is 1. The zero-order valence-corrected chi connectivity index (χ0v) is 14.2. The normalized spacial score (nSPS) is 22.0. The molecule has 1 aromatic carbocycles. The lowest BCUT2D eigenvalue weighted by Gasteiger charge is -2.29. The van der Waals surface area contributed by atoms with Crippen LogP contribution in [0.1, 0.15) is 37.6 Å². The van der Waals surface area contributed by atoms with Crippen molar-refractivity contribution >= 4 is 22.9 Å². The highest BCUT2D eigenvalue weighted by molar-refractivity contribution is 5.88. The Morgan fingerprint density at radius 2 is 2.12 bits per heavy atom. The van der Waals surface area contributed by atoms with Crippen molar-refractivity contribution in [3.8, 4) is 0 Å². The molecule has 3 N–H and O–H groups in total. The summed E-state index contributed by atoms with van der Waals surface area (Å²) in [6.07, 6.45) is 0.856. The topological polar surface area (TPSA) is 83.4 Å². The molecule has 128 valence electrons. The highest BCUT2D eigenvalue weighted by Crippen LogP contribution is 2.29. The highest BCUT2D eigenvalue weighted by Gasteiger charge is 2.30. The van der Waals surface area contributed by atoms with Crippen LogP contribution in [-0.2, 0) is 4.79 Å². The van der Waals surface area contributed by atoms with Crippen LogP contribution < -0.4 is 16.0 Å². The molecule has 3 amide bonds. The molecule has 1 fully saturated rings. The van der Waals surface area contributed by atoms with E-state index in [0.29, 0.717) is 6.54 Å². The van der Waals surface area contributed by atoms with Crippen molar-refractivity contribution in [1.82, 2.24) is 16.0 Å². The number of carbonyl (C=O) groups is 2. The number of aryl methyl sites for hydroxylation is 1. The fraction of sp³-hybridized carbons (Fsp3) is 0.444. The van der Waals surface area contributed by atoms with Crippen molar-refractivity contribution in [2.24, 2.45) is 5.92 Å². The van der Waals surface area contributed by atoms with Gasteiger partial charge in [0.05, 0.1) is 6.04 Å². The molecule has 6 heteroatoms. The minimum absolute atomic E-state index is 0.118. The summed E-state index contributed by atoms with van der Waals surface area (Å²) in [5.41, 5.74) is 1.82. The van der Waals surface area contributed by atoms with Crippen LogP contribution in [0.2, 0.25) is 0 Å². The number of hydrogen-bond acceptors (Lipinski definition) is 3. The largest absolute Gasteiger partial charge is 0.459 e. The van der Waals surface area contributed by atoms with Gasteiger partial charge >= 0.3 is 6.03 Å². The van der Waals surface area contributed by atoms with Crippen molar-refractivity contribution in [1.29, 1.82) is 0 Å². The van der Waals surface area contributed by atoms with Crippen molar-refractivity contribution in [2.45, 2.75) is 39.3 Å². The average Bonchev–Trinajstić information content (AvgIpc) is 2.89. The van der Waals surface area contributed by atoms with Gasteiger partial charge < -0.3 is 20.4 Å². The van der Waals surface area contributed by atoms with E-state index in [1.165, 1.54) is 0 Å². The maximum atomic E-state index is 12.3. The molecule has 6 nitrogen and oxygen atoms in total. The molecule has 0 saturated carbocycles. The number of nitrogens with one attached hydrogen (secondary N) is 3. The summed E-state index contributed by atoms with van der Waals surface area (Å²) in [6.45, 7) is 6.48. The number of piperidine rings is 1. The number of fused-ring (bicyclic) bond motifs is 1. The molecular weight excluding hydrogens is 306 g/mol. The minimum Gasteiger partial charge on any atom is -0.459 e. The molecule has 2 unspecified atom stereocenters. The summed E-state index contributed by atoms with van der Waals surface area (Å²) in [7, 11) is 0. The van der Waals surface area contributed by atoms with Crippen molar-refractivity contribution in [3.63, 3.8) is 0 Å². The Balaban J connectivity index is 1.69. The van der Waals surface area contributed by atoms with Gasteiger partial charge in [-0.15, -0.1) is 0 Å². The lowest BCUT2D eigenvalue weighted by Crippen LogP contribution is -2.56. The molecule has 0 spiro atoms. The Morgan fingerprint density at radius 1 is 1.38 bits per heavy atom. The molecule has 2 heterocycles. The third-order valence-corrected chi connectivity index (χ3v) is 4.66. The molecule has 0 aliphatic carbocycles. The highest BCUT2D eigenvalue weighted by atomic mass is 16.3. The van der Waals surface area contributed by atoms with Gasteiger partial charge in [0.2, 0.25) is 5.91 Å². The second-order valence-electron chi connectivity index (χ2n) is 6.46. The number of benzene rings is 1.